The van der Waals surface area contributed by atoms with E-state index in [-0.39, 0.29) is 18.6 Å². The van der Waals surface area contributed by atoms with Crippen LogP contribution >= 0.6 is 7.75 Å². The van der Waals surface area contributed by atoms with E-state index in [4.69, 9.17) is 28.0 Å². The molecule has 2 aliphatic heterocycles. The molecule has 2 heterocycles. The molecule has 0 spiro atoms. The maximum absolute atomic E-state index is 13.7. The summed E-state index contributed by atoms with van der Waals surface area (Å²) >= 11 is 0. The first-order valence-electron chi connectivity index (χ1n) is 10.9. The summed E-state index contributed by atoms with van der Waals surface area (Å²) in [4.78, 5) is 12.5. The maximum Gasteiger partial charge on any atom is 0.459 e. The topological polar surface area (TPSA) is 102 Å². The van der Waals surface area contributed by atoms with Gasteiger partial charge in [0, 0.05) is 13.8 Å². The first kappa shape index (κ1) is 25.6. The highest BCUT2D eigenvalue weighted by Crippen LogP contribution is 2.47. The summed E-state index contributed by atoms with van der Waals surface area (Å²) in [5.74, 6) is 0.158. The molecule has 3 rings (SSSR count). The zero-order valence-electron chi connectivity index (χ0n) is 20.2. The van der Waals surface area contributed by atoms with Crippen molar-refractivity contribution in [1.82, 2.24) is 5.09 Å². The van der Waals surface area contributed by atoms with Crippen LogP contribution in [0, 0.1) is 5.41 Å². The molecular formula is C23H34NO8P. The minimum Gasteiger partial charge on any atom is -0.486 e. The fraction of sp³-hybridized carbons (Fsp3) is 0.609. The SMILES string of the molecule is CC1=C2OC(C)(C)O[C@@H]2C(COP(=O)(NC(C)C(=O)OCC(C)(C)C)Oc2ccccc2)O1. The van der Waals surface area contributed by atoms with Gasteiger partial charge in [-0.05, 0) is 31.4 Å². The van der Waals surface area contributed by atoms with Crippen molar-refractivity contribution in [2.45, 2.75) is 72.5 Å². The average Bonchev–Trinajstić information content (AvgIpc) is 3.18. The van der Waals surface area contributed by atoms with Gasteiger partial charge >= 0.3 is 13.7 Å². The Morgan fingerprint density at radius 3 is 2.55 bits per heavy atom. The Bertz CT molecular complexity index is 924. The second-order valence-electron chi connectivity index (χ2n) is 9.83. The van der Waals surface area contributed by atoms with Crippen LogP contribution in [0.4, 0.5) is 0 Å². The molecule has 1 aromatic carbocycles. The number of fused-ring (bicyclic) bond motifs is 1. The lowest BCUT2D eigenvalue weighted by Crippen LogP contribution is -2.38. The Balaban J connectivity index is 1.69. The third kappa shape index (κ3) is 6.96. The standard InChI is InChI=1S/C23H34NO8P/c1-15(21(25)27-14-22(3,4)5)24-33(26,32-17-11-9-8-10-12-17)28-13-18-20-19(16(2)29-18)30-23(6,7)31-20/h8-12,15,18,20H,13-14H2,1-7H3,(H,24,26)/t15?,18?,20-,33?/m1/s1. The van der Waals surface area contributed by atoms with E-state index in [0.29, 0.717) is 17.3 Å². The zero-order chi connectivity index (χ0) is 24.4. The Hall–Kier alpha value is -2.06. The maximum atomic E-state index is 13.7. The van der Waals surface area contributed by atoms with E-state index < -0.39 is 37.8 Å². The number of hydrogen-bond donors (Lipinski definition) is 1. The molecule has 2 aliphatic rings. The number of carbonyl (C=O) groups is 1. The minimum atomic E-state index is -4.00. The molecule has 1 fully saturated rings. The molecule has 0 aromatic heterocycles. The minimum absolute atomic E-state index is 0.119. The molecule has 0 aliphatic carbocycles. The van der Waals surface area contributed by atoms with Crippen molar-refractivity contribution < 1.29 is 37.4 Å². The summed E-state index contributed by atoms with van der Waals surface area (Å²) in [6, 6.07) is 7.64. The molecule has 0 radical (unpaired) electrons. The number of rotatable bonds is 9. The molecule has 0 saturated carbocycles. The van der Waals surface area contributed by atoms with E-state index in [1.807, 2.05) is 20.8 Å². The van der Waals surface area contributed by atoms with Gasteiger partial charge in [-0.1, -0.05) is 39.0 Å². The van der Waals surface area contributed by atoms with Gasteiger partial charge in [-0.2, -0.15) is 5.09 Å². The molecule has 33 heavy (non-hydrogen) atoms. The van der Waals surface area contributed by atoms with Crippen LogP contribution in [0.15, 0.2) is 41.9 Å². The zero-order valence-corrected chi connectivity index (χ0v) is 21.1. The third-order valence-corrected chi connectivity index (χ3v) is 6.41. The fourth-order valence-corrected chi connectivity index (χ4v) is 4.78. The summed E-state index contributed by atoms with van der Waals surface area (Å²) in [6.07, 6.45) is -1.07. The van der Waals surface area contributed by atoms with E-state index in [0.717, 1.165) is 0 Å². The van der Waals surface area contributed by atoms with Gasteiger partial charge in [0.05, 0.1) is 13.2 Å². The quantitative estimate of drug-likeness (QED) is 0.401. The van der Waals surface area contributed by atoms with Crippen LogP contribution in [0.3, 0.4) is 0 Å². The molecule has 1 aromatic rings. The normalized spacial score (nSPS) is 24.3. The predicted octanol–water partition coefficient (Wildman–Crippen LogP) is 4.54. The van der Waals surface area contributed by atoms with Crippen LogP contribution in [-0.4, -0.2) is 43.2 Å². The average molecular weight is 483 g/mol. The summed E-state index contributed by atoms with van der Waals surface area (Å²) in [5, 5.41) is 2.68. The van der Waals surface area contributed by atoms with E-state index in [1.54, 1.807) is 58.0 Å². The van der Waals surface area contributed by atoms with Crippen molar-refractivity contribution in [1.29, 1.82) is 0 Å². The summed E-state index contributed by atoms with van der Waals surface area (Å²) < 4.78 is 47.9. The van der Waals surface area contributed by atoms with Crippen LogP contribution < -0.4 is 9.61 Å². The smallest absolute Gasteiger partial charge is 0.459 e. The Morgan fingerprint density at radius 1 is 1.24 bits per heavy atom. The van der Waals surface area contributed by atoms with Crippen molar-refractivity contribution in [3.8, 4) is 5.75 Å². The number of esters is 1. The highest BCUT2D eigenvalue weighted by atomic mass is 31.2. The fourth-order valence-electron chi connectivity index (χ4n) is 3.28. The van der Waals surface area contributed by atoms with Gasteiger partial charge in [0.1, 0.15) is 17.6 Å². The number of hydrogen-bond acceptors (Lipinski definition) is 8. The second kappa shape index (κ2) is 9.66. The molecule has 4 atom stereocenters. The van der Waals surface area contributed by atoms with Crippen molar-refractivity contribution in [2.24, 2.45) is 5.41 Å². The van der Waals surface area contributed by atoms with Crippen LogP contribution in [-0.2, 0) is 32.8 Å². The first-order chi connectivity index (χ1) is 15.3. The molecule has 0 amide bonds. The number of allylic oxidation sites excluding steroid dienone is 1. The van der Waals surface area contributed by atoms with Gasteiger partial charge < -0.3 is 23.5 Å². The summed E-state index contributed by atoms with van der Waals surface area (Å²) in [7, 11) is -4.00. The number of carbonyl (C=O) groups excluding carboxylic acids is 1. The highest BCUT2D eigenvalue weighted by Gasteiger charge is 2.50. The number of para-hydroxylation sites is 1. The number of nitrogens with one attached hydrogen (secondary N) is 1. The Kier molecular flexibility index (Phi) is 7.49. The van der Waals surface area contributed by atoms with Crippen molar-refractivity contribution >= 4 is 13.7 Å². The van der Waals surface area contributed by atoms with Crippen molar-refractivity contribution in [3.63, 3.8) is 0 Å². The van der Waals surface area contributed by atoms with Gasteiger partial charge in [0.25, 0.3) is 0 Å². The van der Waals surface area contributed by atoms with Gasteiger partial charge in [0.2, 0.25) is 5.79 Å². The molecular weight excluding hydrogens is 449 g/mol. The van der Waals surface area contributed by atoms with Crippen LogP contribution in [0.1, 0.15) is 48.5 Å². The Labute approximate surface area is 195 Å². The molecule has 10 heteroatoms. The Morgan fingerprint density at radius 2 is 1.91 bits per heavy atom. The summed E-state index contributed by atoms with van der Waals surface area (Å²) in [6.45, 7) is 12.9. The monoisotopic (exact) mass is 483 g/mol. The highest BCUT2D eigenvalue weighted by molar-refractivity contribution is 7.52. The van der Waals surface area contributed by atoms with Crippen LogP contribution in [0.25, 0.3) is 0 Å². The second-order valence-corrected chi connectivity index (χ2v) is 11.5. The molecule has 3 unspecified atom stereocenters. The molecule has 0 bridgehead atoms. The van der Waals surface area contributed by atoms with Gasteiger partial charge in [-0.15, -0.1) is 0 Å². The van der Waals surface area contributed by atoms with Gasteiger partial charge in [0.15, 0.2) is 18.0 Å². The predicted molar refractivity (Wildman–Crippen MR) is 121 cm³/mol. The lowest BCUT2D eigenvalue weighted by Gasteiger charge is -2.26. The van der Waals surface area contributed by atoms with Gasteiger partial charge in [-0.25, -0.2) is 4.57 Å². The molecule has 1 saturated heterocycles. The van der Waals surface area contributed by atoms with Crippen LogP contribution in [0.5, 0.6) is 5.75 Å². The third-order valence-electron chi connectivity index (χ3n) is 4.77. The van der Waals surface area contributed by atoms with E-state index in [1.165, 1.54) is 0 Å². The lowest BCUT2D eigenvalue weighted by molar-refractivity contribution is -0.158. The largest absolute Gasteiger partial charge is 0.486 e. The molecule has 9 nitrogen and oxygen atoms in total. The van der Waals surface area contributed by atoms with E-state index >= 15 is 0 Å². The van der Waals surface area contributed by atoms with Crippen molar-refractivity contribution in [3.05, 3.63) is 41.9 Å². The summed E-state index contributed by atoms with van der Waals surface area (Å²) in [5.41, 5.74) is -0.199. The number of ether oxygens (including phenoxy) is 4. The first-order valence-corrected chi connectivity index (χ1v) is 12.5. The lowest BCUT2D eigenvalue weighted by atomic mass is 9.99. The number of benzene rings is 1. The van der Waals surface area contributed by atoms with E-state index in [9.17, 15) is 9.36 Å². The van der Waals surface area contributed by atoms with Crippen LogP contribution in [0.2, 0.25) is 0 Å². The van der Waals surface area contributed by atoms with Gasteiger partial charge in [-0.3, -0.25) is 9.32 Å². The van der Waals surface area contributed by atoms with E-state index in [2.05, 4.69) is 5.09 Å². The van der Waals surface area contributed by atoms with Crippen molar-refractivity contribution in [2.75, 3.05) is 13.2 Å². The molecule has 1 N–H and O–H groups in total. The molecule has 184 valence electrons.